The third kappa shape index (κ3) is 2.87. The average molecular weight is 315 g/mol. The van der Waals surface area contributed by atoms with Gasteiger partial charge in [0.25, 0.3) is 0 Å². The predicted octanol–water partition coefficient (Wildman–Crippen LogP) is 4.95. The summed E-state index contributed by atoms with van der Waals surface area (Å²) in [5.41, 5.74) is 4.39. The maximum atomic E-state index is 6.36. The van der Waals surface area contributed by atoms with E-state index in [1.165, 1.54) is 11.1 Å². The Bertz CT molecular complexity index is 796. The molecule has 4 heteroatoms. The van der Waals surface area contributed by atoms with Crippen LogP contribution in [0.5, 0.6) is 0 Å². The molecule has 2 aromatic heterocycles. The molecule has 1 N–H and O–H groups in total. The van der Waals surface area contributed by atoms with Crippen molar-refractivity contribution in [3.05, 3.63) is 64.2 Å². The van der Waals surface area contributed by atoms with Gasteiger partial charge >= 0.3 is 0 Å². The van der Waals surface area contributed by atoms with Crippen molar-refractivity contribution >= 4 is 22.5 Å². The fourth-order valence-electron chi connectivity index (χ4n) is 2.53. The molecule has 3 rings (SSSR count). The predicted molar refractivity (Wildman–Crippen MR) is 90.2 cm³/mol. The van der Waals surface area contributed by atoms with Crippen molar-refractivity contribution < 1.29 is 4.42 Å². The Labute approximate surface area is 135 Å². The molecule has 1 aromatic carbocycles. The third-order valence-corrected chi connectivity index (χ3v) is 4.43. The van der Waals surface area contributed by atoms with Gasteiger partial charge in [-0.15, -0.1) is 0 Å². The summed E-state index contributed by atoms with van der Waals surface area (Å²) in [7, 11) is 0. The van der Waals surface area contributed by atoms with E-state index >= 15 is 0 Å². The van der Waals surface area contributed by atoms with Crippen LogP contribution in [0.25, 0.3) is 10.9 Å². The number of nitrogens with zero attached hydrogens (tertiary/aromatic N) is 1. The first-order chi connectivity index (χ1) is 10.6. The van der Waals surface area contributed by atoms with Gasteiger partial charge in [-0.3, -0.25) is 0 Å². The maximum Gasteiger partial charge on any atom is 0.134 e. The van der Waals surface area contributed by atoms with Gasteiger partial charge in [0.15, 0.2) is 0 Å². The topological polar surface area (TPSA) is 38.1 Å². The van der Waals surface area contributed by atoms with Crippen LogP contribution >= 0.6 is 11.6 Å². The lowest BCUT2D eigenvalue weighted by Gasteiger charge is -2.13. The summed E-state index contributed by atoms with van der Waals surface area (Å²) in [4.78, 5) is 4.58. The number of hydrogen-bond acceptors (Lipinski definition) is 3. The summed E-state index contributed by atoms with van der Waals surface area (Å²) >= 11 is 6.36. The molecule has 22 heavy (non-hydrogen) atoms. The molecule has 114 valence electrons. The molecule has 0 aliphatic carbocycles. The fraction of sp³-hybridized carbons (Fsp3) is 0.278. The molecule has 0 fully saturated rings. The number of rotatable bonds is 4. The summed E-state index contributed by atoms with van der Waals surface area (Å²) in [6, 6.07) is 10.3. The molecule has 2 heterocycles. The Balaban J connectivity index is 1.85. The molecule has 0 radical (unpaired) electrons. The standard InChI is InChI=1S/C18H19ClN2O/c1-11-6-7-14-9-15(18(19)21-17(14)12(11)2)10-20-13(3)16-5-4-8-22-16/h4-9,13,20H,10H2,1-3H3/t13-/m0/s1. The number of pyridine rings is 1. The monoisotopic (exact) mass is 314 g/mol. The molecule has 3 aromatic rings. The smallest absolute Gasteiger partial charge is 0.134 e. The highest BCUT2D eigenvalue weighted by atomic mass is 35.5. The zero-order valence-corrected chi connectivity index (χ0v) is 13.7. The van der Waals surface area contributed by atoms with E-state index < -0.39 is 0 Å². The molecular weight excluding hydrogens is 296 g/mol. The highest BCUT2D eigenvalue weighted by Gasteiger charge is 2.11. The SMILES string of the molecule is Cc1ccc2cc(CN[C@@H](C)c3ccco3)c(Cl)nc2c1C. The van der Waals surface area contributed by atoms with Gasteiger partial charge in [-0.2, -0.15) is 0 Å². The Morgan fingerprint density at radius 2 is 2.09 bits per heavy atom. The van der Waals surface area contributed by atoms with Crippen LogP contribution in [0.3, 0.4) is 0 Å². The Morgan fingerprint density at radius 1 is 1.27 bits per heavy atom. The largest absolute Gasteiger partial charge is 0.468 e. The number of halogens is 1. The minimum Gasteiger partial charge on any atom is -0.468 e. The molecular formula is C18H19ClN2O. The Kier molecular flexibility index (Phi) is 4.19. The molecule has 0 spiro atoms. The average Bonchev–Trinajstić information content (AvgIpc) is 3.04. The fourth-order valence-corrected chi connectivity index (χ4v) is 2.74. The van der Waals surface area contributed by atoms with Crippen LogP contribution in [0, 0.1) is 13.8 Å². The summed E-state index contributed by atoms with van der Waals surface area (Å²) in [5.74, 6) is 0.913. The van der Waals surface area contributed by atoms with Crippen LogP contribution in [0.15, 0.2) is 41.0 Å². The highest BCUT2D eigenvalue weighted by molar-refractivity contribution is 6.30. The maximum absolute atomic E-state index is 6.36. The van der Waals surface area contributed by atoms with Crippen LogP contribution in [0.2, 0.25) is 5.15 Å². The number of benzene rings is 1. The number of aromatic nitrogens is 1. The lowest BCUT2D eigenvalue weighted by molar-refractivity contribution is 0.430. The Morgan fingerprint density at radius 3 is 2.82 bits per heavy atom. The molecule has 0 aliphatic rings. The number of fused-ring (bicyclic) bond motifs is 1. The van der Waals surface area contributed by atoms with Crippen molar-refractivity contribution in [1.29, 1.82) is 0 Å². The molecule has 0 unspecified atom stereocenters. The van der Waals surface area contributed by atoms with Gasteiger partial charge in [0, 0.05) is 17.5 Å². The number of furan rings is 1. The van der Waals surface area contributed by atoms with Crippen LogP contribution in [-0.2, 0) is 6.54 Å². The molecule has 3 nitrogen and oxygen atoms in total. The number of aryl methyl sites for hydroxylation is 2. The minimum atomic E-state index is 0.126. The van der Waals surface area contributed by atoms with Gasteiger partial charge in [0.05, 0.1) is 17.8 Å². The normalized spacial score (nSPS) is 12.7. The van der Waals surface area contributed by atoms with E-state index in [1.807, 2.05) is 12.1 Å². The number of hydrogen-bond donors (Lipinski definition) is 1. The Hall–Kier alpha value is -1.84. The van der Waals surface area contributed by atoms with Gasteiger partial charge in [0.2, 0.25) is 0 Å². The van der Waals surface area contributed by atoms with Gasteiger partial charge in [-0.1, -0.05) is 23.7 Å². The summed E-state index contributed by atoms with van der Waals surface area (Å²) < 4.78 is 5.40. The van der Waals surface area contributed by atoms with Crippen LogP contribution in [0.4, 0.5) is 0 Å². The van der Waals surface area contributed by atoms with Crippen LogP contribution in [-0.4, -0.2) is 4.98 Å². The van der Waals surface area contributed by atoms with E-state index in [4.69, 9.17) is 16.0 Å². The van der Waals surface area contributed by atoms with E-state index in [-0.39, 0.29) is 6.04 Å². The van der Waals surface area contributed by atoms with Crippen molar-refractivity contribution in [2.75, 3.05) is 0 Å². The zero-order valence-electron chi connectivity index (χ0n) is 13.0. The number of nitrogens with one attached hydrogen (secondary N) is 1. The van der Waals surface area contributed by atoms with Gasteiger partial charge in [-0.05, 0) is 50.1 Å². The van der Waals surface area contributed by atoms with Gasteiger partial charge in [-0.25, -0.2) is 4.98 Å². The molecule has 0 amide bonds. The van der Waals surface area contributed by atoms with E-state index in [2.05, 4.69) is 49.3 Å². The van der Waals surface area contributed by atoms with E-state index in [9.17, 15) is 0 Å². The summed E-state index contributed by atoms with van der Waals surface area (Å²) in [6.07, 6.45) is 1.68. The quantitative estimate of drug-likeness (QED) is 0.692. The van der Waals surface area contributed by atoms with E-state index in [0.717, 1.165) is 22.2 Å². The lowest BCUT2D eigenvalue weighted by Crippen LogP contribution is -2.18. The molecule has 0 bridgehead atoms. The molecule has 0 saturated heterocycles. The van der Waals surface area contributed by atoms with E-state index in [1.54, 1.807) is 6.26 Å². The first-order valence-corrected chi connectivity index (χ1v) is 7.76. The first kappa shape index (κ1) is 15.1. The van der Waals surface area contributed by atoms with Crippen molar-refractivity contribution in [3.63, 3.8) is 0 Å². The van der Waals surface area contributed by atoms with Crippen molar-refractivity contribution in [2.24, 2.45) is 0 Å². The summed E-state index contributed by atoms with van der Waals surface area (Å²) in [5, 5.41) is 5.09. The van der Waals surface area contributed by atoms with Gasteiger partial charge < -0.3 is 9.73 Å². The van der Waals surface area contributed by atoms with E-state index in [0.29, 0.717) is 11.7 Å². The van der Waals surface area contributed by atoms with Crippen LogP contribution < -0.4 is 5.32 Å². The zero-order chi connectivity index (χ0) is 15.7. The molecule has 1 atom stereocenters. The third-order valence-electron chi connectivity index (χ3n) is 4.11. The first-order valence-electron chi connectivity index (χ1n) is 7.38. The highest BCUT2D eigenvalue weighted by Crippen LogP contribution is 2.25. The second-order valence-electron chi connectivity index (χ2n) is 5.64. The van der Waals surface area contributed by atoms with Crippen molar-refractivity contribution in [1.82, 2.24) is 10.3 Å². The molecule has 0 saturated carbocycles. The second kappa shape index (κ2) is 6.11. The second-order valence-corrected chi connectivity index (χ2v) is 5.99. The lowest BCUT2D eigenvalue weighted by atomic mass is 10.0. The van der Waals surface area contributed by atoms with Crippen molar-refractivity contribution in [3.8, 4) is 0 Å². The van der Waals surface area contributed by atoms with Crippen LogP contribution in [0.1, 0.15) is 35.4 Å². The van der Waals surface area contributed by atoms with Crippen molar-refractivity contribution in [2.45, 2.75) is 33.4 Å². The summed E-state index contributed by atoms with van der Waals surface area (Å²) in [6.45, 7) is 6.88. The molecule has 0 aliphatic heterocycles. The minimum absolute atomic E-state index is 0.126. The van der Waals surface area contributed by atoms with Gasteiger partial charge in [0.1, 0.15) is 10.9 Å².